The maximum absolute atomic E-state index is 14.0. The predicted molar refractivity (Wildman–Crippen MR) is 145 cm³/mol. The summed E-state index contributed by atoms with van der Waals surface area (Å²) < 4.78 is 73.2. The Balaban J connectivity index is 1.86. The highest BCUT2D eigenvalue weighted by Gasteiger charge is 2.30. The van der Waals surface area contributed by atoms with Gasteiger partial charge in [-0.2, -0.15) is 13.2 Å². The predicted octanol–water partition coefficient (Wildman–Crippen LogP) is 7.92. The normalized spacial score (nSPS) is 12.5. The zero-order valence-electron chi connectivity index (χ0n) is 22.5. The summed E-state index contributed by atoms with van der Waals surface area (Å²) in [5.41, 5.74) is 2.83. The third-order valence-electron chi connectivity index (χ3n) is 6.49. The number of halogens is 5. The van der Waals surface area contributed by atoms with Gasteiger partial charge in [-0.1, -0.05) is 30.8 Å². The number of ether oxygens (including phenoxy) is 1. The third kappa shape index (κ3) is 8.64. The molecule has 3 rings (SSSR count). The number of alkyl halides is 5. The molecule has 0 heterocycles. The summed E-state index contributed by atoms with van der Waals surface area (Å²) >= 11 is 0. The van der Waals surface area contributed by atoms with Crippen molar-refractivity contribution in [2.45, 2.75) is 51.3 Å². The quantitative estimate of drug-likeness (QED) is 0.170. The summed E-state index contributed by atoms with van der Waals surface area (Å²) in [4.78, 5) is 22.9. The van der Waals surface area contributed by atoms with Crippen molar-refractivity contribution in [2.75, 3.05) is 6.54 Å². The van der Waals surface area contributed by atoms with Gasteiger partial charge < -0.3 is 15.2 Å². The Morgan fingerprint density at radius 2 is 1.56 bits per heavy atom. The number of nitrogens with one attached hydrogen (secondary N) is 1. The van der Waals surface area contributed by atoms with E-state index >= 15 is 0 Å². The van der Waals surface area contributed by atoms with Crippen molar-refractivity contribution in [3.8, 4) is 16.9 Å². The first-order valence-electron chi connectivity index (χ1n) is 12.8. The van der Waals surface area contributed by atoms with Crippen LogP contribution in [0.5, 0.6) is 5.75 Å². The van der Waals surface area contributed by atoms with E-state index in [4.69, 9.17) is 9.84 Å². The Hall–Kier alpha value is -4.21. The van der Waals surface area contributed by atoms with Crippen LogP contribution in [0, 0.1) is 13.8 Å². The number of rotatable bonds is 12. The highest BCUT2D eigenvalue weighted by atomic mass is 19.4. The fourth-order valence-corrected chi connectivity index (χ4v) is 4.39. The second kappa shape index (κ2) is 13.0. The van der Waals surface area contributed by atoms with E-state index in [1.807, 2.05) is 0 Å². The van der Waals surface area contributed by atoms with Crippen LogP contribution in [0.1, 0.15) is 58.0 Å². The number of hydrogen-bond donors (Lipinski definition) is 2. The molecule has 10 heteroatoms. The van der Waals surface area contributed by atoms with Gasteiger partial charge in [0, 0.05) is 18.5 Å². The second-order valence-corrected chi connectivity index (χ2v) is 9.64. The lowest BCUT2D eigenvalue weighted by Crippen LogP contribution is -2.26. The Morgan fingerprint density at radius 1 is 0.976 bits per heavy atom. The molecule has 0 aromatic heterocycles. The molecule has 3 aromatic carbocycles. The molecule has 0 aliphatic heterocycles. The molecule has 5 nitrogen and oxygen atoms in total. The summed E-state index contributed by atoms with van der Waals surface area (Å²) in [5, 5.41) is 11.2. The van der Waals surface area contributed by atoms with E-state index in [-0.39, 0.29) is 24.9 Å². The summed E-state index contributed by atoms with van der Waals surface area (Å²) in [5.74, 6) is -4.25. The first-order valence-corrected chi connectivity index (χ1v) is 12.8. The lowest BCUT2D eigenvalue weighted by Gasteiger charge is -2.23. The van der Waals surface area contributed by atoms with Crippen molar-refractivity contribution < 1.29 is 41.4 Å². The fourth-order valence-electron chi connectivity index (χ4n) is 4.39. The number of hydrogen-bond acceptors (Lipinski definition) is 3. The van der Waals surface area contributed by atoms with E-state index < -0.39 is 42.1 Å². The van der Waals surface area contributed by atoms with Gasteiger partial charge in [-0.15, -0.1) is 0 Å². The first-order chi connectivity index (χ1) is 19.2. The Bertz CT molecular complexity index is 1360. The van der Waals surface area contributed by atoms with Gasteiger partial charge in [0.2, 0.25) is 0 Å². The molecule has 0 bridgehead atoms. The van der Waals surface area contributed by atoms with Gasteiger partial charge in [0.25, 0.3) is 11.8 Å². The molecule has 0 aliphatic rings. The van der Waals surface area contributed by atoms with Crippen LogP contribution in [-0.4, -0.2) is 29.5 Å². The average Bonchev–Trinajstić information content (AvgIpc) is 2.90. The fraction of sp³-hybridized carbons (Fsp3) is 0.290. The number of benzene rings is 3. The van der Waals surface area contributed by atoms with Crippen molar-refractivity contribution in [3.05, 3.63) is 101 Å². The first kappa shape index (κ1) is 31.3. The molecule has 0 radical (unpaired) electrons. The number of carboxylic acids is 1. The van der Waals surface area contributed by atoms with Gasteiger partial charge >= 0.3 is 12.1 Å². The third-order valence-corrected chi connectivity index (χ3v) is 6.49. The maximum atomic E-state index is 14.0. The number of carbonyl (C=O) groups is 2. The summed E-state index contributed by atoms with van der Waals surface area (Å²) in [6, 6.07) is 14.4. The second-order valence-electron chi connectivity index (χ2n) is 9.64. The molecule has 2 N–H and O–H groups in total. The van der Waals surface area contributed by atoms with Crippen molar-refractivity contribution in [1.29, 1.82) is 0 Å². The molecule has 1 unspecified atom stereocenters. The van der Waals surface area contributed by atoms with E-state index in [0.29, 0.717) is 23.0 Å². The van der Waals surface area contributed by atoms with Crippen LogP contribution < -0.4 is 10.1 Å². The van der Waals surface area contributed by atoms with Crippen LogP contribution in [0.15, 0.2) is 73.3 Å². The van der Waals surface area contributed by atoms with Crippen molar-refractivity contribution in [1.82, 2.24) is 5.32 Å². The lowest BCUT2D eigenvalue weighted by molar-refractivity contribution is -0.138. The Labute approximate surface area is 234 Å². The van der Waals surface area contributed by atoms with Crippen molar-refractivity contribution in [3.63, 3.8) is 0 Å². The van der Waals surface area contributed by atoms with Gasteiger partial charge in [0.15, 0.2) is 0 Å². The van der Waals surface area contributed by atoms with Crippen LogP contribution in [0.4, 0.5) is 22.0 Å². The molecular formula is C31H30F5NO4. The van der Waals surface area contributed by atoms with Gasteiger partial charge in [-0.3, -0.25) is 9.59 Å². The number of carboxylic acid groups (broad SMARTS) is 1. The Kier molecular flexibility index (Phi) is 9.91. The molecule has 0 fully saturated rings. The summed E-state index contributed by atoms with van der Waals surface area (Å²) in [6.07, 6.45) is -5.54. The topological polar surface area (TPSA) is 75.6 Å². The molecule has 218 valence electrons. The van der Waals surface area contributed by atoms with Gasteiger partial charge in [0.05, 0.1) is 12.0 Å². The van der Waals surface area contributed by atoms with Crippen LogP contribution in [0.25, 0.3) is 11.1 Å². The van der Waals surface area contributed by atoms with E-state index in [1.54, 1.807) is 38.1 Å². The number of allylic oxidation sites excluding steroid dienone is 1. The average molecular weight is 576 g/mol. The molecule has 0 saturated carbocycles. The standard InChI is InChI=1S/C31H30F5NO4/c1-4-30(32,33)15-13-26(21-5-7-23(8-6-21)29(40)37-16-14-27(38)39)41-25-17-19(2)28(20(3)18-25)22-9-11-24(12-10-22)31(34,35)36/h4-12,17-18,26H,1,13-16H2,2-3H3,(H,37,40)(H,38,39). The number of amides is 1. The van der Waals surface area contributed by atoms with E-state index in [0.717, 1.165) is 28.8 Å². The summed E-state index contributed by atoms with van der Waals surface area (Å²) in [6.45, 7) is 6.70. The highest BCUT2D eigenvalue weighted by Crippen LogP contribution is 2.37. The molecular weight excluding hydrogens is 545 g/mol. The molecule has 3 aromatic rings. The minimum absolute atomic E-state index is 0.0422. The zero-order valence-corrected chi connectivity index (χ0v) is 22.5. The van der Waals surface area contributed by atoms with Crippen LogP contribution in [-0.2, 0) is 11.0 Å². The SMILES string of the molecule is C=CC(F)(F)CCC(Oc1cc(C)c(-c2ccc(C(F)(F)F)cc2)c(C)c1)c1ccc(C(=O)NCCC(=O)O)cc1. The minimum atomic E-state index is -4.44. The lowest BCUT2D eigenvalue weighted by atomic mass is 9.94. The summed E-state index contributed by atoms with van der Waals surface area (Å²) in [7, 11) is 0. The van der Waals surface area contributed by atoms with E-state index in [9.17, 15) is 31.5 Å². The molecule has 41 heavy (non-hydrogen) atoms. The monoisotopic (exact) mass is 575 g/mol. The number of carbonyl (C=O) groups excluding carboxylic acids is 1. The largest absolute Gasteiger partial charge is 0.486 e. The molecule has 1 atom stereocenters. The minimum Gasteiger partial charge on any atom is -0.486 e. The molecule has 1 amide bonds. The van der Waals surface area contributed by atoms with E-state index in [2.05, 4.69) is 11.9 Å². The van der Waals surface area contributed by atoms with E-state index in [1.165, 1.54) is 24.3 Å². The molecule has 0 saturated heterocycles. The molecule has 0 aliphatic carbocycles. The van der Waals surface area contributed by atoms with Crippen molar-refractivity contribution in [2.24, 2.45) is 0 Å². The Morgan fingerprint density at radius 3 is 2.07 bits per heavy atom. The van der Waals surface area contributed by atoms with Crippen LogP contribution in [0.3, 0.4) is 0 Å². The van der Waals surface area contributed by atoms with Gasteiger partial charge in [0.1, 0.15) is 11.9 Å². The number of aliphatic carboxylic acids is 1. The number of aryl methyl sites for hydroxylation is 2. The highest BCUT2D eigenvalue weighted by molar-refractivity contribution is 5.94. The van der Waals surface area contributed by atoms with Gasteiger partial charge in [-0.05, 0) is 90.6 Å². The molecule has 0 spiro atoms. The van der Waals surface area contributed by atoms with Gasteiger partial charge in [-0.25, -0.2) is 8.78 Å². The smallest absolute Gasteiger partial charge is 0.416 e. The zero-order chi connectivity index (χ0) is 30.4. The van der Waals surface area contributed by atoms with Crippen molar-refractivity contribution >= 4 is 11.9 Å². The van der Waals surface area contributed by atoms with Crippen LogP contribution >= 0.6 is 0 Å². The van der Waals surface area contributed by atoms with Crippen LogP contribution in [0.2, 0.25) is 0 Å². The maximum Gasteiger partial charge on any atom is 0.416 e.